The molecule has 1 unspecified atom stereocenters. The maximum absolute atomic E-state index is 6.17. The predicted molar refractivity (Wildman–Crippen MR) is 81.5 cm³/mol. The molecule has 0 saturated heterocycles. The summed E-state index contributed by atoms with van der Waals surface area (Å²) in [5.41, 5.74) is 8.47. The molecular formula is C16H24N4. The van der Waals surface area contributed by atoms with Gasteiger partial charge in [-0.15, -0.1) is 0 Å². The monoisotopic (exact) mass is 272 g/mol. The van der Waals surface area contributed by atoms with E-state index in [9.17, 15) is 0 Å². The van der Waals surface area contributed by atoms with Gasteiger partial charge in [-0.3, -0.25) is 9.98 Å². The van der Waals surface area contributed by atoms with E-state index in [2.05, 4.69) is 27.0 Å². The molecule has 108 valence electrons. The number of rotatable bonds is 2. The summed E-state index contributed by atoms with van der Waals surface area (Å²) in [4.78, 5) is 11.3. The van der Waals surface area contributed by atoms with Gasteiger partial charge in [0, 0.05) is 17.9 Å². The van der Waals surface area contributed by atoms with Crippen molar-refractivity contribution in [3.05, 3.63) is 29.6 Å². The van der Waals surface area contributed by atoms with Gasteiger partial charge in [0.05, 0.1) is 12.6 Å². The minimum absolute atomic E-state index is 0.284. The van der Waals surface area contributed by atoms with Gasteiger partial charge < -0.3 is 10.6 Å². The Morgan fingerprint density at radius 2 is 1.90 bits per heavy atom. The van der Waals surface area contributed by atoms with Crippen molar-refractivity contribution in [2.45, 2.75) is 57.5 Å². The third kappa shape index (κ3) is 2.65. The quantitative estimate of drug-likeness (QED) is 0.842. The highest BCUT2D eigenvalue weighted by Crippen LogP contribution is 2.32. The summed E-state index contributed by atoms with van der Waals surface area (Å²) in [5.74, 6) is 0.725. The van der Waals surface area contributed by atoms with Crippen LogP contribution < -0.4 is 5.73 Å². The van der Waals surface area contributed by atoms with Crippen molar-refractivity contribution in [2.75, 3.05) is 6.54 Å². The summed E-state index contributed by atoms with van der Waals surface area (Å²) in [6.45, 7) is 2.79. The Morgan fingerprint density at radius 1 is 1.15 bits per heavy atom. The van der Waals surface area contributed by atoms with Crippen molar-refractivity contribution < 1.29 is 0 Å². The third-order valence-corrected chi connectivity index (χ3v) is 4.56. The molecule has 4 heteroatoms. The van der Waals surface area contributed by atoms with Gasteiger partial charge in [-0.25, -0.2) is 0 Å². The van der Waals surface area contributed by atoms with Crippen LogP contribution in [0.15, 0.2) is 23.3 Å². The number of hydrogen-bond acceptors (Lipinski definition) is 4. The van der Waals surface area contributed by atoms with E-state index in [0.29, 0.717) is 6.04 Å². The van der Waals surface area contributed by atoms with Gasteiger partial charge in [0.25, 0.3) is 0 Å². The lowest BCUT2D eigenvalue weighted by molar-refractivity contribution is 0.237. The number of aryl methyl sites for hydroxylation is 1. The maximum atomic E-state index is 6.17. The number of pyridine rings is 1. The van der Waals surface area contributed by atoms with Crippen molar-refractivity contribution in [1.82, 2.24) is 9.88 Å². The molecule has 0 aromatic carbocycles. The van der Waals surface area contributed by atoms with Crippen molar-refractivity contribution in [3.8, 4) is 0 Å². The van der Waals surface area contributed by atoms with E-state index in [1.807, 2.05) is 13.1 Å². The van der Waals surface area contributed by atoms with E-state index in [0.717, 1.165) is 18.2 Å². The first-order valence-corrected chi connectivity index (χ1v) is 7.76. The van der Waals surface area contributed by atoms with Crippen molar-refractivity contribution in [2.24, 2.45) is 10.7 Å². The molecular weight excluding hydrogens is 248 g/mol. The van der Waals surface area contributed by atoms with Gasteiger partial charge in [0.1, 0.15) is 0 Å². The Balaban J connectivity index is 1.81. The van der Waals surface area contributed by atoms with Crippen LogP contribution in [0.5, 0.6) is 0 Å². The number of nitrogens with two attached hydrogens (primary N) is 1. The van der Waals surface area contributed by atoms with Crippen LogP contribution in [0, 0.1) is 6.92 Å². The second-order valence-corrected chi connectivity index (χ2v) is 6.00. The van der Waals surface area contributed by atoms with Crippen molar-refractivity contribution >= 4 is 5.96 Å². The molecule has 1 aliphatic carbocycles. The van der Waals surface area contributed by atoms with E-state index in [-0.39, 0.29) is 6.04 Å². The molecule has 0 spiro atoms. The molecule has 4 nitrogen and oxygen atoms in total. The summed E-state index contributed by atoms with van der Waals surface area (Å²) in [5, 5.41) is 0. The van der Waals surface area contributed by atoms with Crippen LogP contribution in [0.4, 0.5) is 0 Å². The summed E-state index contributed by atoms with van der Waals surface area (Å²) in [7, 11) is 0. The lowest BCUT2D eigenvalue weighted by Gasteiger charge is -2.34. The normalized spacial score (nSPS) is 24.6. The fraction of sp³-hybridized carbons (Fsp3) is 0.625. The number of aliphatic imine (C=N–C) groups is 1. The fourth-order valence-electron chi connectivity index (χ4n) is 3.43. The van der Waals surface area contributed by atoms with E-state index >= 15 is 0 Å². The Labute approximate surface area is 121 Å². The van der Waals surface area contributed by atoms with Crippen molar-refractivity contribution in [1.29, 1.82) is 0 Å². The SMILES string of the molecule is Cc1ccc(C2CN=C(N)N2C2CCCCCC2)cn1. The molecule has 1 saturated carbocycles. The van der Waals surface area contributed by atoms with Gasteiger partial charge in [0.2, 0.25) is 0 Å². The lowest BCUT2D eigenvalue weighted by atomic mass is 10.0. The van der Waals surface area contributed by atoms with Gasteiger partial charge in [-0.2, -0.15) is 0 Å². The molecule has 2 N–H and O–H groups in total. The molecule has 2 aliphatic rings. The summed E-state index contributed by atoms with van der Waals surface area (Å²) in [6.07, 6.45) is 9.81. The van der Waals surface area contributed by atoms with Crippen LogP contribution in [-0.4, -0.2) is 28.4 Å². The highest BCUT2D eigenvalue weighted by atomic mass is 15.3. The van der Waals surface area contributed by atoms with Crippen LogP contribution in [0.3, 0.4) is 0 Å². The van der Waals surface area contributed by atoms with Gasteiger partial charge in [-0.05, 0) is 31.4 Å². The molecule has 1 aromatic heterocycles. The average Bonchev–Trinajstić information content (AvgIpc) is 2.67. The van der Waals surface area contributed by atoms with Crippen LogP contribution in [0.1, 0.15) is 55.8 Å². The first-order chi connectivity index (χ1) is 9.75. The molecule has 1 fully saturated rings. The Bertz CT molecular complexity index is 472. The average molecular weight is 272 g/mol. The molecule has 0 radical (unpaired) electrons. The smallest absolute Gasteiger partial charge is 0.192 e. The number of aromatic nitrogens is 1. The zero-order valence-electron chi connectivity index (χ0n) is 12.3. The Kier molecular flexibility index (Phi) is 3.90. The maximum Gasteiger partial charge on any atom is 0.192 e. The standard InChI is InChI=1S/C16H24N4/c1-12-8-9-13(10-18-12)15-11-19-16(17)20(15)14-6-4-2-3-5-7-14/h8-10,14-15H,2-7,11H2,1H3,(H2,17,19). The third-order valence-electron chi connectivity index (χ3n) is 4.56. The zero-order valence-corrected chi connectivity index (χ0v) is 12.3. The van der Waals surface area contributed by atoms with E-state index in [1.165, 1.54) is 44.1 Å². The minimum atomic E-state index is 0.284. The topological polar surface area (TPSA) is 54.5 Å². The summed E-state index contributed by atoms with van der Waals surface area (Å²) >= 11 is 0. The Morgan fingerprint density at radius 3 is 2.55 bits per heavy atom. The second-order valence-electron chi connectivity index (χ2n) is 6.00. The molecule has 0 amide bonds. The lowest BCUT2D eigenvalue weighted by Crippen LogP contribution is -2.43. The molecule has 1 atom stereocenters. The van der Waals surface area contributed by atoms with E-state index < -0.39 is 0 Å². The molecule has 1 aliphatic heterocycles. The summed E-state index contributed by atoms with van der Waals surface area (Å²) < 4.78 is 0. The van der Waals surface area contributed by atoms with E-state index in [4.69, 9.17) is 5.73 Å². The first kappa shape index (κ1) is 13.4. The van der Waals surface area contributed by atoms with Crippen LogP contribution >= 0.6 is 0 Å². The molecule has 20 heavy (non-hydrogen) atoms. The Hall–Kier alpha value is -1.58. The number of guanidine groups is 1. The molecule has 2 heterocycles. The highest BCUT2D eigenvalue weighted by molar-refractivity contribution is 5.80. The molecule has 1 aromatic rings. The van der Waals surface area contributed by atoms with Gasteiger partial charge >= 0.3 is 0 Å². The van der Waals surface area contributed by atoms with Crippen LogP contribution in [0.2, 0.25) is 0 Å². The zero-order chi connectivity index (χ0) is 13.9. The largest absolute Gasteiger partial charge is 0.370 e. The summed E-state index contributed by atoms with van der Waals surface area (Å²) in [6, 6.07) is 5.08. The fourth-order valence-corrected chi connectivity index (χ4v) is 3.43. The first-order valence-electron chi connectivity index (χ1n) is 7.76. The number of nitrogens with zero attached hydrogens (tertiary/aromatic N) is 3. The van der Waals surface area contributed by atoms with Crippen LogP contribution in [0.25, 0.3) is 0 Å². The second kappa shape index (κ2) is 5.81. The highest BCUT2D eigenvalue weighted by Gasteiger charge is 2.33. The molecule has 0 bridgehead atoms. The minimum Gasteiger partial charge on any atom is -0.370 e. The van der Waals surface area contributed by atoms with Crippen LogP contribution in [-0.2, 0) is 0 Å². The predicted octanol–water partition coefficient (Wildman–Crippen LogP) is 2.78. The van der Waals surface area contributed by atoms with Gasteiger partial charge in [-0.1, -0.05) is 31.7 Å². The van der Waals surface area contributed by atoms with Crippen molar-refractivity contribution in [3.63, 3.8) is 0 Å². The number of hydrogen-bond donors (Lipinski definition) is 1. The molecule has 3 rings (SSSR count). The van der Waals surface area contributed by atoms with Gasteiger partial charge in [0.15, 0.2) is 5.96 Å². The van der Waals surface area contributed by atoms with E-state index in [1.54, 1.807) is 0 Å².